The third kappa shape index (κ3) is 4.46. The molecular weight excluding hydrogens is 324 g/mol. The molecule has 0 fully saturated rings. The maximum Gasteiger partial charge on any atom is 0.226 e. The topological polar surface area (TPSA) is 55.1 Å². The number of benzene rings is 2. The predicted octanol–water partition coefficient (Wildman–Crippen LogP) is 3.90. The summed E-state index contributed by atoms with van der Waals surface area (Å²) in [6, 6.07) is 19.1. The summed E-state index contributed by atoms with van der Waals surface area (Å²) >= 11 is 5.87. The second kappa shape index (κ2) is 7.79. The van der Waals surface area contributed by atoms with Crippen LogP contribution in [0, 0.1) is 0 Å². The van der Waals surface area contributed by atoms with Gasteiger partial charge in [-0.1, -0.05) is 47.1 Å². The molecule has 24 heavy (non-hydrogen) atoms. The first-order valence-electron chi connectivity index (χ1n) is 7.73. The third-order valence-electron chi connectivity index (χ3n) is 3.61. The predicted molar refractivity (Wildman–Crippen MR) is 93.8 cm³/mol. The first kappa shape index (κ1) is 16.3. The van der Waals surface area contributed by atoms with Crippen molar-refractivity contribution in [2.45, 2.75) is 12.8 Å². The van der Waals surface area contributed by atoms with E-state index in [2.05, 4.69) is 10.5 Å². The summed E-state index contributed by atoms with van der Waals surface area (Å²) in [7, 11) is 0. The molecule has 0 unspecified atom stereocenters. The molecule has 4 nitrogen and oxygen atoms in total. The molecule has 5 heteroatoms. The first-order chi connectivity index (χ1) is 11.7. The summed E-state index contributed by atoms with van der Waals surface area (Å²) in [5.74, 6) is 0.556. The molecule has 1 N–H and O–H groups in total. The average molecular weight is 341 g/mol. The molecule has 0 saturated heterocycles. The van der Waals surface area contributed by atoms with Crippen LogP contribution >= 0.6 is 11.6 Å². The molecule has 0 aliphatic rings. The lowest BCUT2D eigenvalue weighted by Gasteiger charge is -2.03. The number of amides is 1. The van der Waals surface area contributed by atoms with Gasteiger partial charge in [0.1, 0.15) is 0 Å². The zero-order valence-electron chi connectivity index (χ0n) is 13.0. The number of nitrogens with one attached hydrogen (secondary N) is 1. The van der Waals surface area contributed by atoms with E-state index in [9.17, 15) is 4.79 Å². The summed E-state index contributed by atoms with van der Waals surface area (Å²) in [5, 5.41) is 7.51. The lowest BCUT2D eigenvalue weighted by Crippen LogP contribution is -2.27. The molecule has 122 valence electrons. The first-order valence-corrected chi connectivity index (χ1v) is 8.10. The molecule has 3 aromatic rings. The quantitative estimate of drug-likeness (QED) is 0.740. The Morgan fingerprint density at radius 3 is 2.58 bits per heavy atom. The molecule has 1 aromatic heterocycles. The van der Waals surface area contributed by atoms with Gasteiger partial charge in [0.25, 0.3) is 0 Å². The molecule has 0 atom stereocenters. The van der Waals surface area contributed by atoms with Gasteiger partial charge in [-0.2, -0.15) is 0 Å². The Bertz CT molecular complexity index is 798. The highest BCUT2D eigenvalue weighted by molar-refractivity contribution is 6.30. The van der Waals surface area contributed by atoms with Crippen molar-refractivity contribution in [3.63, 3.8) is 0 Å². The summed E-state index contributed by atoms with van der Waals surface area (Å²) < 4.78 is 5.29. The molecule has 2 aromatic carbocycles. The number of carbonyl (C=O) groups is 1. The minimum absolute atomic E-state index is 0.0677. The number of hydrogen-bond acceptors (Lipinski definition) is 3. The molecule has 0 bridgehead atoms. The molecule has 3 rings (SSSR count). The SMILES string of the molecule is O=C(Cc1cc(-c2ccc(Cl)cc2)on1)NCCc1ccccc1. The van der Waals surface area contributed by atoms with Gasteiger partial charge in [0, 0.05) is 23.2 Å². The molecule has 0 radical (unpaired) electrons. The minimum Gasteiger partial charge on any atom is -0.356 e. The highest BCUT2D eigenvalue weighted by atomic mass is 35.5. The standard InChI is InChI=1S/C19H17ClN2O2/c20-16-8-6-15(7-9-16)18-12-17(22-24-18)13-19(23)21-11-10-14-4-2-1-3-5-14/h1-9,12H,10-11,13H2,(H,21,23). The van der Waals surface area contributed by atoms with Gasteiger partial charge in [0.05, 0.1) is 12.1 Å². The van der Waals surface area contributed by atoms with Crippen LogP contribution in [0.5, 0.6) is 0 Å². The zero-order valence-corrected chi connectivity index (χ0v) is 13.8. The smallest absolute Gasteiger partial charge is 0.226 e. The van der Waals surface area contributed by atoms with E-state index in [0.717, 1.165) is 12.0 Å². The minimum atomic E-state index is -0.0677. The lowest BCUT2D eigenvalue weighted by molar-refractivity contribution is -0.120. The van der Waals surface area contributed by atoms with E-state index in [1.165, 1.54) is 5.56 Å². The highest BCUT2D eigenvalue weighted by Crippen LogP contribution is 2.22. The van der Waals surface area contributed by atoms with Crippen molar-refractivity contribution in [1.82, 2.24) is 10.5 Å². The van der Waals surface area contributed by atoms with Gasteiger partial charge in [-0.25, -0.2) is 0 Å². The van der Waals surface area contributed by atoms with Gasteiger partial charge in [-0.3, -0.25) is 4.79 Å². The average Bonchev–Trinajstić information content (AvgIpc) is 3.05. The highest BCUT2D eigenvalue weighted by Gasteiger charge is 2.10. The van der Waals surface area contributed by atoms with Gasteiger partial charge in [0.2, 0.25) is 5.91 Å². The molecular formula is C19H17ClN2O2. The van der Waals surface area contributed by atoms with Crippen molar-refractivity contribution in [2.75, 3.05) is 6.54 Å². The van der Waals surface area contributed by atoms with E-state index in [1.807, 2.05) is 42.5 Å². The van der Waals surface area contributed by atoms with Gasteiger partial charge in [-0.05, 0) is 36.2 Å². The van der Waals surface area contributed by atoms with Crippen molar-refractivity contribution in [3.8, 4) is 11.3 Å². The summed E-state index contributed by atoms with van der Waals surface area (Å²) in [6.07, 6.45) is 1.01. The Balaban J connectivity index is 1.51. The van der Waals surface area contributed by atoms with E-state index in [4.69, 9.17) is 16.1 Å². The molecule has 1 amide bonds. The molecule has 0 aliphatic heterocycles. The second-order valence-electron chi connectivity index (χ2n) is 5.45. The second-order valence-corrected chi connectivity index (χ2v) is 5.89. The van der Waals surface area contributed by atoms with E-state index in [0.29, 0.717) is 23.0 Å². The van der Waals surface area contributed by atoms with E-state index >= 15 is 0 Å². The van der Waals surface area contributed by atoms with Crippen LogP contribution in [0.15, 0.2) is 65.2 Å². The molecule has 1 heterocycles. The number of carbonyl (C=O) groups excluding carboxylic acids is 1. The van der Waals surface area contributed by atoms with Crippen molar-refractivity contribution >= 4 is 17.5 Å². The van der Waals surface area contributed by atoms with Crippen LogP contribution in [0.25, 0.3) is 11.3 Å². The fourth-order valence-corrected chi connectivity index (χ4v) is 2.49. The fraction of sp³-hybridized carbons (Fsp3) is 0.158. The van der Waals surface area contributed by atoms with Crippen molar-refractivity contribution in [3.05, 3.63) is 76.9 Å². The lowest BCUT2D eigenvalue weighted by atomic mass is 10.1. The normalized spacial score (nSPS) is 10.5. The monoisotopic (exact) mass is 340 g/mol. The summed E-state index contributed by atoms with van der Waals surface area (Å²) in [5.41, 5.74) is 2.68. The van der Waals surface area contributed by atoms with Gasteiger partial charge in [0.15, 0.2) is 5.76 Å². The number of rotatable bonds is 6. The zero-order chi connectivity index (χ0) is 16.8. The third-order valence-corrected chi connectivity index (χ3v) is 3.86. The van der Waals surface area contributed by atoms with Crippen LogP contribution in [0.2, 0.25) is 5.02 Å². The number of hydrogen-bond donors (Lipinski definition) is 1. The Kier molecular flexibility index (Phi) is 5.29. The Hall–Kier alpha value is -2.59. The maximum atomic E-state index is 12.0. The molecule has 0 aliphatic carbocycles. The van der Waals surface area contributed by atoms with E-state index < -0.39 is 0 Å². The van der Waals surface area contributed by atoms with Crippen LogP contribution in [-0.4, -0.2) is 17.6 Å². The Morgan fingerprint density at radius 2 is 1.83 bits per heavy atom. The van der Waals surface area contributed by atoms with Crippen LogP contribution < -0.4 is 5.32 Å². The van der Waals surface area contributed by atoms with Gasteiger partial charge >= 0.3 is 0 Å². The largest absolute Gasteiger partial charge is 0.356 e. The van der Waals surface area contributed by atoms with Crippen LogP contribution in [-0.2, 0) is 17.6 Å². The van der Waals surface area contributed by atoms with Crippen LogP contribution in [0.1, 0.15) is 11.3 Å². The van der Waals surface area contributed by atoms with Crippen molar-refractivity contribution in [2.24, 2.45) is 0 Å². The van der Waals surface area contributed by atoms with Crippen molar-refractivity contribution in [1.29, 1.82) is 0 Å². The maximum absolute atomic E-state index is 12.0. The summed E-state index contributed by atoms with van der Waals surface area (Å²) in [6.45, 7) is 0.602. The fourth-order valence-electron chi connectivity index (χ4n) is 2.36. The van der Waals surface area contributed by atoms with Crippen LogP contribution in [0.3, 0.4) is 0 Å². The van der Waals surface area contributed by atoms with Crippen molar-refractivity contribution < 1.29 is 9.32 Å². The number of halogens is 1. The Labute approximate surface area is 145 Å². The molecule has 0 spiro atoms. The number of aromatic nitrogens is 1. The van der Waals surface area contributed by atoms with E-state index in [1.54, 1.807) is 18.2 Å². The van der Waals surface area contributed by atoms with Gasteiger partial charge in [-0.15, -0.1) is 0 Å². The van der Waals surface area contributed by atoms with Gasteiger partial charge < -0.3 is 9.84 Å². The molecule has 0 saturated carbocycles. The van der Waals surface area contributed by atoms with E-state index in [-0.39, 0.29) is 12.3 Å². The summed E-state index contributed by atoms with van der Waals surface area (Å²) in [4.78, 5) is 12.0. The van der Waals surface area contributed by atoms with Crippen LogP contribution in [0.4, 0.5) is 0 Å². The Morgan fingerprint density at radius 1 is 1.08 bits per heavy atom. The number of nitrogens with zero attached hydrogens (tertiary/aromatic N) is 1.